The lowest BCUT2D eigenvalue weighted by atomic mass is 9.85. The molecule has 4 heteroatoms. The molecule has 1 aliphatic carbocycles. The number of carbonyl (C=O) groups is 1. The van der Waals surface area contributed by atoms with E-state index in [4.69, 9.17) is 4.74 Å². The van der Waals surface area contributed by atoms with E-state index in [0.29, 0.717) is 19.3 Å². The minimum absolute atomic E-state index is 0.0795. The summed E-state index contributed by atoms with van der Waals surface area (Å²) in [5.41, 5.74) is 0. The third kappa shape index (κ3) is 3.48. The van der Waals surface area contributed by atoms with Gasteiger partial charge in [0.2, 0.25) is 0 Å². The number of ether oxygens (including phenoxy) is 1. The van der Waals surface area contributed by atoms with E-state index >= 15 is 0 Å². The van der Waals surface area contributed by atoms with Crippen LogP contribution in [-0.2, 0) is 9.53 Å². The van der Waals surface area contributed by atoms with E-state index in [1.165, 1.54) is 25.7 Å². The smallest absolute Gasteiger partial charge is 0.310 e. The van der Waals surface area contributed by atoms with Crippen molar-refractivity contribution in [1.29, 1.82) is 0 Å². The zero-order chi connectivity index (χ0) is 13.8. The van der Waals surface area contributed by atoms with Gasteiger partial charge >= 0.3 is 5.97 Å². The quantitative estimate of drug-likeness (QED) is 0.832. The molecule has 1 heterocycles. The van der Waals surface area contributed by atoms with Crippen LogP contribution in [0.3, 0.4) is 0 Å². The minimum Gasteiger partial charge on any atom is -0.481 e. The summed E-state index contributed by atoms with van der Waals surface area (Å²) in [6, 6.07) is 0.639. The second kappa shape index (κ2) is 6.71. The lowest BCUT2D eigenvalue weighted by Crippen LogP contribution is -2.50. The SMILES string of the molecule is CCCN(C1CCC(C)CC1)C1COCC1C(=O)O. The van der Waals surface area contributed by atoms with Crippen molar-refractivity contribution in [2.75, 3.05) is 19.8 Å². The fraction of sp³-hybridized carbons (Fsp3) is 0.933. The molecule has 2 fully saturated rings. The predicted molar refractivity (Wildman–Crippen MR) is 74.1 cm³/mol. The standard InChI is InChI=1S/C15H27NO3/c1-3-8-16(12-6-4-11(2)5-7-12)14-10-19-9-13(14)15(17)18/h11-14H,3-10H2,1-2H3,(H,17,18). The van der Waals surface area contributed by atoms with Crippen LogP contribution in [0.25, 0.3) is 0 Å². The predicted octanol–water partition coefficient (Wildman–Crippen LogP) is 2.38. The highest BCUT2D eigenvalue weighted by molar-refractivity contribution is 5.71. The molecule has 0 spiro atoms. The summed E-state index contributed by atoms with van der Waals surface area (Å²) in [6.07, 6.45) is 6.05. The summed E-state index contributed by atoms with van der Waals surface area (Å²) in [5, 5.41) is 9.33. The lowest BCUT2D eigenvalue weighted by Gasteiger charge is -2.40. The van der Waals surface area contributed by atoms with Gasteiger partial charge in [-0.1, -0.05) is 13.8 Å². The average molecular weight is 269 g/mol. The van der Waals surface area contributed by atoms with E-state index in [-0.39, 0.29) is 12.0 Å². The highest BCUT2D eigenvalue weighted by atomic mass is 16.5. The summed E-state index contributed by atoms with van der Waals surface area (Å²) >= 11 is 0. The monoisotopic (exact) mass is 269 g/mol. The number of hydrogen-bond donors (Lipinski definition) is 1. The van der Waals surface area contributed by atoms with Crippen LogP contribution in [0.2, 0.25) is 0 Å². The van der Waals surface area contributed by atoms with Crippen molar-refractivity contribution < 1.29 is 14.6 Å². The van der Waals surface area contributed by atoms with Crippen molar-refractivity contribution in [3.8, 4) is 0 Å². The van der Waals surface area contributed by atoms with Gasteiger partial charge in [-0.2, -0.15) is 0 Å². The highest BCUT2D eigenvalue weighted by Crippen LogP contribution is 2.31. The second-order valence-electron chi connectivity index (χ2n) is 6.20. The van der Waals surface area contributed by atoms with Gasteiger partial charge in [-0.3, -0.25) is 9.69 Å². The molecule has 0 radical (unpaired) electrons. The molecule has 1 saturated carbocycles. The summed E-state index contributed by atoms with van der Waals surface area (Å²) in [7, 11) is 0. The van der Waals surface area contributed by atoms with Crippen LogP contribution in [0.15, 0.2) is 0 Å². The maximum absolute atomic E-state index is 11.3. The summed E-state index contributed by atoms with van der Waals surface area (Å²) in [4.78, 5) is 13.8. The lowest BCUT2D eigenvalue weighted by molar-refractivity contribution is -0.143. The van der Waals surface area contributed by atoms with Gasteiger partial charge < -0.3 is 9.84 Å². The molecule has 19 heavy (non-hydrogen) atoms. The molecule has 0 aromatic heterocycles. The van der Waals surface area contributed by atoms with Crippen molar-refractivity contribution in [3.05, 3.63) is 0 Å². The van der Waals surface area contributed by atoms with Gasteiger partial charge in [-0.05, 0) is 44.6 Å². The molecule has 2 rings (SSSR count). The van der Waals surface area contributed by atoms with Crippen molar-refractivity contribution in [1.82, 2.24) is 4.90 Å². The third-order valence-corrected chi connectivity index (χ3v) is 4.73. The molecule has 0 aromatic rings. The molecule has 2 atom stereocenters. The number of hydrogen-bond acceptors (Lipinski definition) is 3. The van der Waals surface area contributed by atoms with Gasteiger partial charge in [0.1, 0.15) is 0 Å². The van der Waals surface area contributed by atoms with Gasteiger partial charge in [0, 0.05) is 12.1 Å². The second-order valence-corrected chi connectivity index (χ2v) is 6.20. The largest absolute Gasteiger partial charge is 0.481 e. The van der Waals surface area contributed by atoms with E-state index in [2.05, 4.69) is 18.7 Å². The Balaban J connectivity index is 2.04. The normalized spacial score (nSPS) is 35.7. The molecular weight excluding hydrogens is 242 g/mol. The van der Waals surface area contributed by atoms with Crippen LogP contribution in [0.1, 0.15) is 46.0 Å². The van der Waals surface area contributed by atoms with Crippen LogP contribution in [0.5, 0.6) is 0 Å². The maximum atomic E-state index is 11.3. The Labute approximate surface area is 116 Å². The van der Waals surface area contributed by atoms with Gasteiger partial charge in [0.15, 0.2) is 0 Å². The fourth-order valence-corrected chi connectivity index (χ4v) is 3.56. The number of rotatable bonds is 5. The number of nitrogens with zero attached hydrogens (tertiary/aromatic N) is 1. The zero-order valence-electron chi connectivity index (χ0n) is 12.2. The van der Waals surface area contributed by atoms with Crippen molar-refractivity contribution >= 4 is 5.97 Å². The Morgan fingerprint density at radius 3 is 2.53 bits per heavy atom. The van der Waals surface area contributed by atoms with Gasteiger partial charge in [-0.25, -0.2) is 0 Å². The molecule has 0 amide bonds. The first kappa shape index (κ1) is 14.8. The molecule has 1 saturated heterocycles. The topological polar surface area (TPSA) is 49.8 Å². The minimum atomic E-state index is -0.701. The van der Waals surface area contributed by atoms with Crippen LogP contribution in [0.4, 0.5) is 0 Å². The number of carboxylic acids is 1. The molecule has 0 aromatic carbocycles. The molecule has 110 valence electrons. The van der Waals surface area contributed by atoms with Gasteiger partial charge in [0.25, 0.3) is 0 Å². The van der Waals surface area contributed by atoms with E-state index < -0.39 is 5.97 Å². The first-order chi connectivity index (χ1) is 9.13. The Hall–Kier alpha value is -0.610. The summed E-state index contributed by atoms with van der Waals surface area (Å²) in [6.45, 7) is 6.45. The molecular formula is C15H27NO3. The van der Waals surface area contributed by atoms with Gasteiger partial charge in [-0.15, -0.1) is 0 Å². The maximum Gasteiger partial charge on any atom is 0.310 e. The van der Waals surface area contributed by atoms with Crippen molar-refractivity contribution in [2.45, 2.75) is 58.0 Å². The first-order valence-electron chi connectivity index (χ1n) is 7.69. The zero-order valence-corrected chi connectivity index (χ0v) is 12.2. The van der Waals surface area contributed by atoms with Crippen molar-refractivity contribution in [2.24, 2.45) is 11.8 Å². The number of aliphatic carboxylic acids is 1. The Bertz CT molecular complexity index is 300. The summed E-state index contributed by atoms with van der Waals surface area (Å²) in [5.74, 6) is -0.214. The average Bonchev–Trinajstić information content (AvgIpc) is 2.86. The van der Waals surface area contributed by atoms with Crippen LogP contribution >= 0.6 is 0 Å². The van der Waals surface area contributed by atoms with Gasteiger partial charge in [0.05, 0.1) is 19.1 Å². The Morgan fingerprint density at radius 2 is 1.95 bits per heavy atom. The van der Waals surface area contributed by atoms with Crippen LogP contribution < -0.4 is 0 Å². The van der Waals surface area contributed by atoms with E-state index in [1.807, 2.05) is 0 Å². The fourth-order valence-electron chi connectivity index (χ4n) is 3.56. The van der Waals surface area contributed by atoms with E-state index in [0.717, 1.165) is 18.9 Å². The van der Waals surface area contributed by atoms with Crippen LogP contribution in [-0.4, -0.2) is 47.8 Å². The molecule has 1 N–H and O–H groups in total. The van der Waals surface area contributed by atoms with Crippen molar-refractivity contribution in [3.63, 3.8) is 0 Å². The molecule has 2 aliphatic rings. The molecule has 4 nitrogen and oxygen atoms in total. The summed E-state index contributed by atoms with van der Waals surface area (Å²) < 4.78 is 5.45. The molecule has 1 aliphatic heterocycles. The van der Waals surface area contributed by atoms with E-state index in [9.17, 15) is 9.90 Å². The molecule has 0 bridgehead atoms. The first-order valence-corrected chi connectivity index (χ1v) is 7.69. The van der Waals surface area contributed by atoms with E-state index in [1.54, 1.807) is 0 Å². The number of carboxylic acid groups (broad SMARTS) is 1. The third-order valence-electron chi connectivity index (χ3n) is 4.73. The Kier molecular flexibility index (Phi) is 5.22. The molecule has 2 unspecified atom stereocenters. The highest BCUT2D eigenvalue weighted by Gasteiger charge is 2.40. The Morgan fingerprint density at radius 1 is 1.26 bits per heavy atom. The van der Waals surface area contributed by atoms with Crippen LogP contribution in [0, 0.1) is 11.8 Å².